The fourth-order valence-corrected chi connectivity index (χ4v) is 1.84. The van der Waals surface area contributed by atoms with Gasteiger partial charge in [-0.2, -0.15) is 0 Å². The van der Waals surface area contributed by atoms with Crippen molar-refractivity contribution in [3.05, 3.63) is 54.1 Å². The molecule has 98 valence electrons. The summed E-state index contributed by atoms with van der Waals surface area (Å²) in [6.07, 6.45) is 0.842. The van der Waals surface area contributed by atoms with Gasteiger partial charge in [-0.05, 0) is 29.7 Å². The largest absolute Gasteiger partial charge is 0.493 e. The number of rotatable bonds is 5. The van der Waals surface area contributed by atoms with Crippen molar-refractivity contribution in [2.45, 2.75) is 13.3 Å². The smallest absolute Gasteiger partial charge is 0.339 e. The van der Waals surface area contributed by atoms with E-state index in [4.69, 9.17) is 9.84 Å². The van der Waals surface area contributed by atoms with Gasteiger partial charge in [-0.25, -0.2) is 4.79 Å². The first-order valence-corrected chi connectivity index (χ1v) is 6.28. The van der Waals surface area contributed by atoms with Crippen LogP contribution >= 0.6 is 0 Å². The molecule has 0 radical (unpaired) electrons. The Kier molecular flexibility index (Phi) is 4.18. The molecule has 0 aliphatic rings. The van der Waals surface area contributed by atoms with Gasteiger partial charge in [-0.3, -0.25) is 0 Å². The molecule has 2 aromatic carbocycles. The van der Waals surface area contributed by atoms with Gasteiger partial charge in [-0.15, -0.1) is 0 Å². The summed E-state index contributed by atoms with van der Waals surface area (Å²) in [6.45, 7) is 2.50. The van der Waals surface area contributed by atoms with Crippen LogP contribution in [0.4, 0.5) is 0 Å². The van der Waals surface area contributed by atoms with Crippen LogP contribution in [0.2, 0.25) is 0 Å². The van der Waals surface area contributed by atoms with Gasteiger partial charge in [0, 0.05) is 0 Å². The maximum atomic E-state index is 11.2. The molecule has 0 bridgehead atoms. The average molecular weight is 256 g/mol. The Balaban J connectivity index is 2.40. The van der Waals surface area contributed by atoms with Gasteiger partial charge >= 0.3 is 5.97 Å². The molecule has 0 unspecified atom stereocenters. The van der Waals surface area contributed by atoms with Crippen LogP contribution in [0.25, 0.3) is 11.1 Å². The van der Waals surface area contributed by atoms with Crippen molar-refractivity contribution in [3.8, 4) is 16.9 Å². The second-order valence-corrected chi connectivity index (χ2v) is 4.23. The van der Waals surface area contributed by atoms with Gasteiger partial charge in [0.05, 0.1) is 6.61 Å². The molecule has 1 N–H and O–H groups in total. The lowest BCUT2D eigenvalue weighted by atomic mass is 10.0. The molecule has 0 amide bonds. The number of ether oxygens (including phenoxy) is 1. The molecule has 0 heterocycles. The fraction of sp³-hybridized carbons (Fsp3) is 0.188. The molecule has 0 spiro atoms. The number of hydrogen-bond acceptors (Lipinski definition) is 2. The third kappa shape index (κ3) is 3.13. The van der Waals surface area contributed by atoms with E-state index < -0.39 is 5.97 Å². The highest BCUT2D eigenvalue weighted by molar-refractivity contribution is 5.92. The van der Waals surface area contributed by atoms with Gasteiger partial charge < -0.3 is 9.84 Å². The number of hydrogen-bond donors (Lipinski definition) is 1. The van der Waals surface area contributed by atoms with E-state index in [9.17, 15) is 4.79 Å². The molecule has 0 aromatic heterocycles. The average Bonchev–Trinajstić information content (AvgIpc) is 2.45. The zero-order valence-electron chi connectivity index (χ0n) is 10.8. The van der Waals surface area contributed by atoms with Crippen molar-refractivity contribution in [1.82, 2.24) is 0 Å². The highest BCUT2D eigenvalue weighted by Gasteiger charge is 2.12. The van der Waals surface area contributed by atoms with Crippen LogP contribution in [0.3, 0.4) is 0 Å². The van der Waals surface area contributed by atoms with Crippen molar-refractivity contribution in [2.75, 3.05) is 6.61 Å². The molecular formula is C16H16O3. The van der Waals surface area contributed by atoms with Gasteiger partial charge in [0.15, 0.2) is 0 Å². The van der Waals surface area contributed by atoms with Crippen LogP contribution in [-0.4, -0.2) is 17.7 Å². The van der Waals surface area contributed by atoms with Crippen LogP contribution in [0.5, 0.6) is 5.75 Å². The molecule has 0 fully saturated rings. The topological polar surface area (TPSA) is 46.5 Å². The summed E-state index contributed by atoms with van der Waals surface area (Å²) in [5.74, 6) is -0.540. The highest BCUT2D eigenvalue weighted by atomic mass is 16.5. The van der Waals surface area contributed by atoms with Crippen LogP contribution in [0.15, 0.2) is 48.5 Å². The van der Waals surface area contributed by atoms with E-state index in [0.29, 0.717) is 12.4 Å². The first-order chi connectivity index (χ1) is 9.22. The summed E-state index contributed by atoms with van der Waals surface area (Å²) in [5.41, 5.74) is 2.20. The van der Waals surface area contributed by atoms with Gasteiger partial charge in [0.1, 0.15) is 11.3 Å². The molecule has 19 heavy (non-hydrogen) atoms. The Bertz CT molecular complexity index is 561. The number of carboxylic acids is 1. The number of carboxylic acid groups (broad SMARTS) is 1. The van der Waals surface area contributed by atoms with E-state index >= 15 is 0 Å². The van der Waals surface area contributed by atoms with E-state index in [1.165, 1.54) is 0 Å². The zero-order valence-corrected chi connectivity index (χ0v) is 10.8. The first kappa shape index (κ1) is 13.1. The summed E-state index contributed by atoms with van der Waals surface area (Å²) >= 11 is 0. The van der Waals surface area contributed by atoms with Gasteiger partial charge in [0.25, 0.3) is 0 Å². The normalized spacial score (nSPS) is 10.2. The maximum absolute atomic E-state index is 11.2. The molecule has 2 aromatic rings. The van der Waals surface area contributed by atoms with Crippen LogP contribution in [0, 0.1) is 0 Å². The molecule has 0 atom stereocenters. The molecule has 3 heteroatoms. The lowest BCUT2D eigenvalue weighted by molar-refractivity contribution is 0.0692. The molecule has 0 saturated carbocycles. The molecule has 0 aliphatic carbocycles. The second kappa shape index (κ2) is 6.05. The second-order valence-electron chi connectivity index (χ2n) is 4.23. The van der Waals surface area contributed by atoms with Crippen molar-refractivity contribution < 1.29 is 14.6 Å². The zero-order chi connectivity index (χ0) is 13.7. The predicted molar refractivity (Wildman–Crippen MR) is 74.6 cm³/mol. The summed E-state index contributed by atoms with van der Waals surface area (Å²) in [6, 6.07) is 15.0. The van der Waals surface area contributed by atoms with Crippen molar-refractivity contribution in [1.29, 1.82) is 0 Å². The van der Waals surface area contributed by atoms with Crippen molar-refractivity contribution >= 4 is 5.97 Å². The lowest BCUT2D eigenvalue weighted by Gasteiger charge is -2.10. The predicted octanol–water partition coefficient (Wildman–Crippen LogP) is 3.84. The third-order valence-corrected chi connectivity index (χ3v) is 2.78. The van der Waals surface area contributed by atoms with Crippen molar-refractivity contribution in [3.63, 3.8) is 0 Å². The van der Waals surface area contributed by atoms with E-state index in [0.717, 1.165) is 17.5 Å². The number of aromatic carboxylic acids is 1. The van der Waals surface area contributed by atoms with Crippen LogP contribution in [0.1, 0.15) is 23.7 Å². The minimum Gasteiger partial charge on any atom is -0.493 e. The van der Waals surface area contributed by atoms with E-state index in [-0.39, 0.29) is 5.56 Å². The standard InChI is InChI=1S/C16H16O3/c1-2-10-19-15-11-13(8-9-14(15)16(17)18)12-6-4-3-5-7-12/h3-9,11H,2,10H2,1H3,(H,17,18). The third-order valence-electron chi connectivity index (χ3n) is 2.78. The molecule has 0 aliphatic heterocycles. The van der Waals surface area contributed by atoms with E-state index in [1.807, 2.05) is 37.3 Å². The Morgan fingerprint density at radius 2 is 1.84 bits per heavy atom. The molecule has 2 rings (SSSR count). The summed E-state index contributed by atoms with van der Waals surface area (Å²) < 4.78 is 5.53. The maximum Gasteiger partial charge on any atom is 0.339 e. The summed E-state index contributed by atoms with van der Waals surface area (Å²) in [4.78, 5) is 11.2. The Hall–Kier alpha value is -2.29. The quantitative estimate of drug-likeness (QED) is 0.884. The number of benzene rings is 2. The summed E-state index contributed by atoms with van der Waals surface area (Å²) in [5, 5.41) is 9.15. The molecule has 0 saturated heterocycles. The first-order valence-electron chi connectivity index (χ1n) is 6.28. The Labute approximate surface area is 112 Å². The lowest BCUT2D eigenvalue weighted by Crippen LogP contribution is -2.04. The van der Waals surface area contributed by atoms with E-state index in [1.54, 1.807) is 18.2 Å². The number of carbonyl (C=O) groups is 1. The summed E-state index contributed by atoms with van der Waals surface area (Å²) in [7, 11) is 0. The molecule has 3 nitrogen and oxygen atoms in total. The highest BCUT2D eigenvalue weighted by Crippen LogP contribution is 2.27. The minimum absolute atomic E-state index is 0.202. The van der Waals surface area contributed by atoms with E-state index in [2.05, 4.69) is 0 Å². The SMILES string of the molecule is CCCOc1cc(-c2ccccc2)ccc1C(=O)O. The fourth-order valence-electron chi connectivity index (χ4n) is 1.84. The Morgan fingerprint density at radius 1 is 1.11 bits per heavy atom. The van der Waals surface area contributed by atoms with Gasteiger partial charge in [-0.1, -0.05) is 43.3 Å². The Morgan fingerprint density at radius 3 is 2.47 bits per heavy atom. The van der Waals surface area contributed by atoms with Crippen molar-refractivity contribution in [2.24, 2.45) is 0 Å². The monoisotopic (exact) mass is 256 g/mol. The minimum atomic E-state index is -0.967. The van der Waals surface area contributed by atoms with Gasteiger partial charge in [0.2, 0.25) is 0 Å². The molecular weight excluding hydrogens is 240 g/mol. The van der Waals surface area contributed by atoms with Crippen LogP contribution in [-0.2, 0) is 0 Å². The van der Waals surface area contributed by atoms with Crippen LogP contribution < -0.4 is 4.74 Å².